The smallest absolute Gasteiger partial charge is 0.333 e. The third-order valence-electron chi connectivity index (χ3n) is 4.81. The molecule has 1 atom stereocenters. The summed E-state index contributed by atoms with van der Waals surface area (Å²) in [5, 5.41) is 2.60. The van der Waals surface area contributed by atoms with Crippen LogP contribution in [0.3, 0.4) is 0 Å². The molecule has 3 rings (SSSR count). The average Bonchev–Trinajstić information content (AvgIpc) is 2.89. The fourth-order valence-corrected chi connectivity index (χ4v) is 4.30. The van der Waals surface area contributed by atoms with Gasteiger partial charge in [-0.25, -0.2) is 17.9 Å². The Morgan fingerprint density at radius 3 is 2.41 bits per heavy atom. The number of nitrogens with one attached hydrogen (secondary N) is 2. The van der Waals surface area contributed by atoms with Crippen molar-refractivity contribution in [3.63, 3.8) is 0 Å². The Morgan fingerprint density at radius 2 is 1.79 bits per heavy atom. The van der Waals surface area contributed by atoms with Crippen LogP contribution in [-0.2, 0) is 14.8 Å². The van der Waals surface area contributed by atoms with Gasteiger partial charge in [0.2, 0.25) is 0 Å². The molecule has 2 N–H and O–H groups in total. The quantitative estimate of drug-likeness (QED) is 0.764. The Kier molecular flexibility index (Phi) is 5.60. The Labute approximate surface area is 171 Å². The zero-order chi connectivity index (χ0) is 21.4. The molecule has 0 saturated heterocycles. The van der Waals surface area contributed by atoms with Crippen LogP contribution in [0.5, 0.6) is 5.75 Å². The number of amides is 2. The first-order chi connectivity index (χ1) is 13.5. The number of sulfonamides is 1. The topological polar surface area (TPSA) is 93.7 Å². The molecule has 0 radical (unpaired) electrons. The molecular weight excluding hydrogens is 392 g/mol. The van der Waals surface area contributed by atoms with E-state index in [2.05, 4.69) is 5.32 Å². The minimum absolute atomic E-state index is 0.0150. The van der Waals surface area contributed by atoms with Gasteiger partial charge in [0, 0.05) is 12.2 Å². The molecule has 2 amide bonds. The van der Waals surface area contributed by atoms with E-state index in [9.17, 15) is 13.2 Å². The monoisotopic (exact) mass is 418 g/mol. The van der Waals surface area contributed by atoms with E-state index in [0.717, 1.165) is 16.7 Å². The van der Waals surface area contributed by atoms with E-state index in [1.165, 1.54) is 12.1 Å². The summed E-state index contributed by atoms with van der Waals surface area (Å²) in [6.07, 6.45) is -0.288. The number of urea groups is 1. The van der Waals surface area contributed by atoms with Gasteiger partial charge in [-0.3, -0.25) is 0 Å². The van der Waals surface area contributed by atoms with Gasteiger partial charge in [0.25, 0.3) is 10.0 Å². The summed E-state index contributed by atoms with van der Waals surface area (Å²) in [7, 11) is -3.99. The van der Waals surface area contributed by atoms with Crippen molar-refractivity contribution >= 4 is 21.7 Å². The number of hydrogen-bond acceptors (Lipinski definition) is 5. The summed E-state index contributed by atoms with van der Waals surface area (Å²) in [6.45, 7) is 10.1. The number of anilines is 1. The molecule has 156 valence electrons. The van der Waals surface area contributed by atoms with Gasteiger partial charge in [-0.2, -0.15) is 0 Å². The van der Waals surface area contributed by atoms with Crippen LogP contribution in [0.15, 0.2) is 41.3 Å². The van der Waals surface area contributed by atoms with Gasteiger partial charge in [-0.05, 0) is 58.4 Å². The molecule has 1 aliphatic rings. The summed E-state index contributed by atoms with van der Waals surface area (Å²) >= 11 is 0. The van der Waals surface area contributed by atoms with Crippen LogP contribution >= 0.6 is 0 Å². The summed E-state index contributed by atoms with van der Waals surface area (Å²) in [6, 6.07) is 8.92. The number of hydrogen-bond donors (Lipinski definition) is 2. The van der Waals surface area contributed by atoms with Crippen molar-refractivity contribution in [2.45, 2.75) is 51.2 Å². The highest BCUT2D eigenvalue weighted by molar-refractivity contribution is 7.90. The molecule has 0 spiro atoms. The van der Waals surface area contributed by atoms with Crippen molar-refractivity contribution in [2.24, 2.45) is 0 Å². The first-order valence-electron chi connectivity index (χ1n) is 9.39. The van der Waals surface area contributed by atoms with Crippen molar-refractivity contribution in [2.75, 3.05) is 11.9 Å². The number of carbonyl (C=O) groups excluding carboxylic acids is 1. The van der Waals surface area contributed by atoms with Crippen molar-refractivity contribution in [3.8, 4) is 5.75 Å². The molecule has 0 bridgehead atoms. The third-order valence-corrected chi connectivity index (χ3v) is 6.16. The molecular formula is C21H26N2O5S. The Morgan fingerprint density at radius 1 is 1.14 bits per heavy atom. The highest BCUT2D eigenvalue weighted by Crippen LogP contribution is 2.50. The molecule has 0 fully saturated rings. The van der Waals surface area contributed by atoms with E-state index in [0.29, 0.717) is 18.0 Å². The van der Waals surface area contributed by atoms with Gasteiger partial charge in [0.15, 0.2) is 0 Å². The molecule has 7 nitrogen and oxygen atoms in total. The van der Waals surface area contributed by atoms with Gasteiger partial charge in [0.1, 0.15) is 17.5 Å². The second-order valence-electron chi connectivity index (χ2n) is 7.59. The maximum Gasteiger partial charge on any atom is 0.333 e. The molecule has 1 heterocycles. The van der Waals surface area contributed by atoms with E-state index >= 15 is 0 Å². The molecule has 2 aromatic carbocycles. The average molecular weight is 419 g/mol. The number of carbonyl (C=O) groups is 1. The van der Waals surface area contributed by atoms with E-state index < -0.39 is 21.7 Å². The van der Waals surface area contributed by atoms with Crippen LogP contribution in [0.2, 0.25) is 0 Å². The summed E-state index contributed by atoms with van der Waals surface area (Å²) < 4.78 is 38.9. The molecule has 2 aromatic rings. The lowest BCUT2D eigenvalue weighted by Crippen LogP contribution is -2.34. The summed E-state index contributed by atoms with van der Waals surface area (Å²) in [5.41, 5.74) is 2.52. The highest BCUT2D eigenvalue weighted by Gasteiger charge is 2.44. The normalized spacial score (nSPS) is 17.3. The highest BCUT2D eigenvalue weighted by atomic mass is 32.2. The van der Waals surface area contributed by atoms with Gasteiger partial charge in [-0.1, -0.05) is 23.8 Å². The van der Waals surface area contributed by atoms with Crippen LogP contribution < -0.4 is 14.8 Å². The predicted molar refractivity (Wildman–Crippen MR) is 111 cm³/mol. The van der Waals surface area contributed by atoms with Crippen LogP contribution in [0, 0.1) is 13.8 Å². The fourth-order valence-electron chi connectivity index (χ4n) is 3.39. The van der Waals surface area contributed by atoms with Crippen molar-refractivity contribution in [3.05, 3.63) is 53.1 Å². The van der Waals surface area contributed by atoms with E-state index in [1.54, 1.807) is 18.2 Å². The van der Waals surface area contributed by atoms with Crippen molar-refractivity contribution < 1.29 is 22.7 Å². The van der Waals surface area contributed by atoms with Gasteiger partial charge >= 0.3 is 6.03 Å². The van der Waals surface area contributed by atoms with Gasteiger partial charge < -0.3 is 14.8 Å². The predicted octanol–water partition coefficient (Wildman–Crippen LogP) is 4.06. The first kappa shape index (κ1) is 21.1. The SMILES string of the molecule is CCOC1c2c(C)ccc(NC(=O)NS(=O)(=O)c3ccc(C)cc3)c2OC1(C)C. The molecule has 1 unspecified atom stereocenters. The zero-order valence-electron chi connectivity index (χ0n) is 17.2. The summed E-state index contributed by atoms with van der Waals surface area (Å²) in [4.78, 5) is 12.4. The molecule has 0 aliphatic carbocycles. The number of ether oxygens (including phenoxy) is 2. The number of fused-ring (bicyclic) bond motifs is 1. The Balaban J connectivity index is 1.85. The van der Waals surface area contributed by atoms with Crippen LogP contribution in [0.1, 0.15) is 43.6 Å². The molecule has 1 aliphatic heterocycles. The lowest BCUT2D eigenvalue weighted by molar-refractivity contribution is -0.0471. The minimum Gasteiger partial charge on any atom is -0.482 e. The lowest BCUT2D eigenvalue weighted by Gasteiger charge is -2.26. The fraction of sp³-hybridized carbons (Fsp3) is 0.381. The molecule has 29 heavy (non-hydrogen) atoms. The van der Waals surface area contributed by atoms with Crippen LogP contribution in [0.4, 0.5) is 10.5 Å². The third kappa shape index (κ3) is 4.23. The summed E-state index contributed by atoms with van der Waals surface area (Å²) in [5.74, 6) is 0.497. The number of rotatable bonds is 5. The lowest BCUT2D eigenvalue weighted by atomic mass is 9.94. The zero-order valence-corrected chi connectivity index (χ0v) is 18.0. The van der Waals surface area contributed by atoms with E-state index in [-0.39, 0.29) is 11.0 Å². The van der Waals surface area contributed by atoms with Crippen LogP contribution in [-0.4, -0.2) is 26.7 Å². The minimum atomic E-state index is -3.99. The van der Waals surface area contributed by atoms with E-state index in [1.807, 2.05) is 45.4 Å². The molecule has 8 heteroatoms. The maximum atomic E-state index is 12.4. The Bertz CT molecular complexity index is 1030. The number of aryl methyl sites for hydroxylation is 2. The van der Waals surface area contributed by atoms with Crippen molar-refractivity contribution in [1.29, 1.82) is 0 Å². The second-order valence-corrected chi connectivity index (χ2v) is 9.27. The van der Waals surface area contributed by atoms with Crippen molar-refractivity contribution in [1.82, 2.24) is 4.72 Å². The largest absolute Gasteiger partial charge is 0.482 e. The Hall–Kier alpha value is -2.58. The molecule has 0 saturated carbocycles. The second kappa shape index (κ2) is 7.68. The standard InChI is InChI=1S/C21H26N2O5S/c1-6-27-19-17-14(3)9-12-16(18(17)28-21(19,4)5)22-20(24)23-29(25,26)15-10-7-13(2)8-11-15/h7-12,19H,6H2,1-5H3,(H2,22,23,24). The van der Waals surface area contributed by atoms with Crippen LogP contribution in [0.25, 0.3) is 0 Å². The first-order valence-corrected chi connectivity index (χ1v) is 10.9. The van der Waals surface area contributed by atoms with Gasteiger partial charge in [-0.15, -0.1) is 0 Å². The number of benzene rings is 2. The molecule has 0 aromatic heterocycles. The maximum absolute atomic E-state index is 12.4. The van der Waals surface area contributed by atoms with Gasteiger partial charge in [0.05, 0.1) is 10.6 Å². The van der Waals surface area contributed by atoms with E-state index in [4.69, 9.17) is 9.47 Å².